The first-order chi connectivity index (χ1) is 8.62. The molecule has 0 bridgehead atoms. The molecule has 1 aromatic heterocycles. The van der Waals surface area contributed by atoms with Gasteiger partial charge >= 0.3 is 5.97 Å². The van der Waals surface area contributed by atoms with E-state index in [-0.39, 0.29) is 24.5 Å². The lowest BCUT2D eigenvalue weighted by atomic mass is 10.1. The lowest BCUT2D eigenvalue weighted by Crippen LogP contribution is -2.17. The fourth-order valence-corrected chi connectivity index (χ4v) is 1.45. The fraction of sp³-hybridized carbons (Fsp3) is 0.417. The van der Waals surface area contributed by atoms with Crippen LogP contribution in [0, 0.1) is 11.3 Å². The normalized spacial score (nSPS) is 9.61. The molecule has 0 unspecified atom stereocenters. The first-order valence-corrected chi connectivity index (χ1v) is 5.57. The summed E-state index contributed by atoms with van der Waals surface area (Å²) in [6.45, 7) is 4.08. The average molecular weight is 250 g/mol. The van der Waals surface area contributed by atoms with Crippen molar-refractivity contribution >= 4 is 5.97 Å². The maximum absolute atomic E-state index is 11.6. The topological polar surface area (TPSA) is 92.2 Å². The van der Waals surface area contributed by atoms with E-state index in [0.717, 1.165) is 0 Å². The molecule has 96 valence electrons. The van der Waals surface area contributed by atoms with Gasteiger partial charge in [0, 0.05) is 6.07 Å². The Morgan fingerprint density at radius 2 is 2.17 bits per heavy atom. The van der Waals surface area contributed by atoms with E-state index in [1.807, 2.05) is 0 Å². The van der Waals surface area contributed by atoms with Gasteiger partial charge in [0.15, 0.2) is 5.88 Å². The molecule has 1 heterocycles. The van der Waals surface area contributed by atoms with Gasteiger partial charge in [-0.3, -0.25) is 14.6 Å². The van der Waals surface area contributed by atoms with Crippen LogP contribution in [0.2, 0.25) is 0 Å². The summed E-state index contributed by atoms with van der Waals surface area (Å²) >= 11 is 0. The molecule has 6 nitrogen and oxygen atoms in total. The minimum absolute atomic E-state index is 0.0912. The summed E-state index contributed by atoms with van der Waals surface area (Å²) in [6.07, 6.45) is -0.124. The number of carbonyl (C=O) groups excluding carboxylic acids is 1. The van der Waals surface area contributed by atoms with Crippen molar-refractivity contribution in [2.24, 2.45) is 0 Å². The molecular weight excluding hydrogens is 236 g/mol. The highest BCUT2D eigenvalue weighted by molar-refractivity contribution is 5.73. The largest absolute Gasteiger partial charge is 0.479 e. The van der Waals surface area contributed by atoms with Crippen molar-refractivity contribution in [2.75, 3.05) is 13.2 Å². The van der Waals surface area contributed by atoms with E-state index in [9.17, 15) is 9.59 Å². The fourth-order valence-electron chi connectivity index (χ4n) is 1.45. The monoisotopic (exact) mass is 250 g/mol. The molecule has 0 amide bonds. The molecular formula is C12H14N2O4. The number of nitrogens with zero attached hydrogens (tertiary/aromatic N) is 1. The first-order valence-electron chi connectivity index (χ1n) is 5.57. The summed E-state index contributed by atoms with van der Waals surface area (Å²) in [5, 5.41) is 8.90. The average Bonchev–Trinajstić information content (AvgIpc) is 2.29. The molecule has 0 atom stereocenters. The van der Waals surface area contributed by atoms with Crippen molar-refractivity contribution in [3.05, 3.63) is 27.5 Å². The van der Waals surface area contributed by atoms with Gasteiger partial charge < -0.3 is 9.47 Å². The van der Waals surface area contributed by atoms with Gasteiger partial charge in [-0.25, -0.2) is 0 Å². The second-order valence-corrected chi connectivity index (χ2v) is 3.39. The van der Waals surface area contributed by atoms with Crippen molar-refractivity contribution in [3.63, 3.8) is 0 Å². The van der Waals surface area contributed by atoms with Gasteiger partial charge in [-0.1, -0.05) is 0 Å². The number of carbonyl (C=O) groups is 1. The Morgan fingerprint density at radius 3 is 2.72 bits per heavy atom. The van der Waals surface area contributed by atoms with E-state index in [0.29, 0.717) is 12.2 Å². The third kappa shape index (κ3) is 3.35. The number of nitriles is 1. The summed E-state index contributed by atoms with van der Waals surface area (Å²) in [4.78, 5) is 25.4. The predicted molar refractivity (Wildman–Crippen MR) is 63.3 cm³/mol. The number of hydrogen-bond acceptors (Lipinski definition) is 5. The van der Waals surface area contributed by atoms with E-state index < -0.39 is 11.5 Å². The van der Waals surface area contributed by atoms with Crippen LogP contribution in [0.1, 0.15) is 25.0 Å². The Bertz CT molecular complexity index is 528. The van der Waals surface area contributed by atoms with Crippen LogP contribution in [0.15, 0.2) is 10.9 Å². The van der Waals surface area contributed by atoms with Gasteiger partial charge in [0.1, 0.15) is 11.6 Å². The van der Waals surface area contributed by atoms with Crippen LogP contribution in [0.3, 0.4) is 0 Å². The molecule has 0 aliphatic heterocycles. The Labute approximate surface area is 104 Å². The van der Waals surface area contributed by atoms with Crippen LogP contribution < -0.4 is 10.3 Å². The highest BCUT2D eigenvalue weighted by Crippen LogP contribution is 2.12. The lowest BCUT2D eigenvalue weighted by molar-refractivity contribution is -0.142. The quantitative estimate of drug-likeness (QED) is 0.778. The van der Waals surface area contributed by atoms with Gasteiger partial charge in [-0.15, -0.1) is 0 Å². The molecule has 0 saturated heterocycles. The van der Waals surface area contributed by atoms with Crippen LogP contribution in [0.25, 0.3) is 0 Å². The molecule has 1 aromatic rings. The third-order valence-electron chi connectivity index (χ3n) is 2.14. The number of rotatable bonds is 5. The van der Waals surface area contributed by atoms with Crippen LogP contribution in [0.4, 0.5) is 0 Å². The molecule has 1 N–H and O–H groups in total. The SMILES string of the molecule is CCOC(=O)Cc1cc(OCC)[nH]c(=O)c1C#N. The molecule has 1 rings (SSSR count). The van der Waals surface area contributed by atoms with Crippen LogP contribution >= 0.6 is 0 Å². The van der Waals surface area contributed by atoms with Crippen LogP contribution in [-0.4, -0.2) is 24.2 Å². The Morgan fingerprint density at radius 1 is 1.44 bits per heavy atom. The molecule has 0 aliphatic rings. The Kier molecular flexibility index (Phi) is 4.93. The number of aromatic amines is 1. The van der Waals surface area contributed by atoms with Crippen molar-refractivity contribution in [1.29, 1.82) is 5.26 Å². The van der Waals surface area contributed by atoms with Crippen molar-refractivity contribution in [2.45, 2.75) is 20.3 Å². The molecule has 18 heavy (non-hydrogen) atoms. The minimum Gasteiger partial charge on any atom is -0.479 e. The molecule has 0 spiro atoms. The van der Waals surface area contributed by atoms with Gasteiger partial charge in [-0.05, 0) is 19.4 Å². The highest BCUT2D eigenvalue weighted by atomic mass is 16.5. The third-order valence-corrected chi connectivity index (χ3v) is 2.14. The molecule has 0 aromatic carbocycles. The van der Waals surface area contributed by atoms with Crippen molar-refractivity contribution in [1.82, 2.24) is 4.98 Å². The lowest BCUT2D eigenvalue weighted by Gasteiger charge is -2.07. The molecule has 0 saturated carbocycles. The van der Waals surface area contributed by atoms with Gasteiger partial charge in [0.05, 0.1) is 19.6 Å². The number of pyridine rings is 1. The Balaban J connectivity index is 3.11. The van der Waals surface area contributed by atoms with Gasteiger partial charge in [0.25, 0.3) is 5.56 Å². The van der Waals surface area contributed by atoms with Gasteiger partial charge in [0.2, 0.25) is 0 Å². The smallest absolute Gasteiger partial charge is 0.310 e. The number of H-pyrrole nitrogens is 1. The van der Waals surface area contributed by atoms with E-state index in [4.69, 9.17) is 14.7 Å². The Hall–Kier alpha value is -2.29. The van der Waals surface area contributed by atoms with Gasteiger partial charge in [-0.2, -0.15) is 5.26 Å². The van der Waals surface area contributed by atoms with Crippen LogP contribution in [-0.2, 0) is 16.0 Å². The zero-order chi connectivity index (χ0) is 13.5. The van der Waals surface area contributed by atoms with E-state index >= 15 is 0 Å². The number of esters is 1. The summed E-state index contributed by atoms with van der Waals surface area (Å²) in [5.41, 5.74) is -0.350. The van der Waals surface area contributed by atoms with Crippen LogP contribution in [0.5, 0.6) is 5.88 Å². The molecule has 0 radical (unpaired) electrons. The van der Waals surface area contributed by atoms with E-state index in [2.05, 4.69) is 4.98 Å². The number of nitrogens with one attached hydrogen (secondary N) is 1. The van der Waals surface area contributed by atoms with Crippen molar-refractivity contribution < 1.29 is 14.3 Å². The molecule has 6 heteroatoms. The maximum Gasteiger partial charge on any atom is 0.310 e. The number of hydrogen-bond donors (Lipinski definition) is 1. The summed E-state index contributed by atoms with van der Waals surface area (Å²) in [7, 11) is 0. The standard InChI is InChI=1S/C12H14N2O4/c1-3-17-10-5-8(6-11(15)18-4-2)9(7-13)12(16)14-10/h5H,3-4,6H2,1-2H3,(H,14,16). The number of ether oxygens (including phenoxy) is 2. The second kappa shape index (κ2) is 6.45. The number of aromatic nitrogens is 1. The predicted octanol–water partition coefficient (Wildman–Crippen LogP) is 0.751. The zero-order valence-electron chi connectivity index (χ0n) is 10.3. The molecule has 0 aliphatic carbocycles. The summed E-state index contributed by atoms with van der Waals surface area (Å²) in [5.74, 6) is -0.247. The highest BCUT2D eigenvalue weighted by Gasteiger charge is 2.14. The van der Waals surface area contributed by atoms with E-state index in [1.165, 1.54) is 6.07 Å². The minimum atomic E-state index is -0.567. The molecule has 0 fully saturated rings. The maximum atomic E-state index is 11.6. The summed E-state index contributed by atoms with van der Waals surface area (Å²) < 4.78 is 9.93. The second-order valence-electron chi connectivity index (χ2n) is 3.39. The first kappa shape index (κ1) is 13.8. The zero-order valence-corrected chi connectivity index (χ0v) is 10.3. The van der Waals surface area contributed by atoms with Crippen molar-refractivity contribution in [3.8, 4) is 11.9 Å². The van der Waals surface area contributed by atoms with E-state index in [1.54, 1.807) is 19.9 Å². The summed E-state index contributed by atoms with van der Waals surface area (Å²) in [6, 6.07) is 3.25.